The van der Waals surface area contributed by atoms with E-state index in [0.717, 1.165) is 43.2 Å². The number of Topliss-reactive ketones (excluding diaryl/α,β-unsaturated/α-hetero) is 2. The number of cyclic esters (lactones) is 1. The van der Waals surface area contributed by atoms with Gasteiger partial charge < -0.3 is 62.3 Å². The Balaban J connectivity index is 1.02. The third-order valence-corrected chi connectivity index (χ3v) is 26.1. The van der Waals surface area contributed by atoms with Crippen LogP contribution in [0.25, 0.3) is 0 Å². The monoisotopic (exact) mass is 1180 g/mol. The van der Waals surface area contributed by atoms with Crippen molar-refractivity contribution in [1.29, 1.82) is 0 Å². The van der Waals surface area contributed by atoms with Crippen LogP contribution < -0.4 is 16.8 Å². The number of nitrogens with zero attached hydrogens (tertiary/aromatic N) is 1. The van der Waals surface area contributed by atoms with Crippen molar-refractivity contribution in [2.24, 2.45) is 110 Å². The SMILES string of the molecule is C[C@H]1CCC2=C[C@H]3CC[C@@H]4[C@@H]([C@@H]5COC(=O)[C@@H]5c5cc[nH]c5)C#CC[C@@H]5C[C@@]6(O)C7=C8NCC(=O)C[C@@H](c9ccc(O)cc9)CSSC[C@H]9[C@@H](O)[C@@H](O)C[C@@](C)([C@@H]9C8=O)[C@H]7CC[C@]6(CCN=C(N)N)[C@H]5[C@@](C)(O)[C@H](O)C[C@@H](CO)[C@H]3[C@@H]4[C@H]2C1. The molecule has 3 heterocycles. The Morgan fingerprint density at radius 3 is 2.46 bits per heavy atom. The maximum Gasteiger partial charge on any atom is 0.313 e. The Labute approximate surface area is 495 Å². The first-order valence-corrected chi connectivity index (χ1v) is 33.4. The van der Waals surface area contributed by atoms with Gasteiger partial charge in [-0.15, -0.1) is 5.92 Å². The van der Waals surface area contributed by atoms with Gasteiger partial charge in [0.2, 0.25) is 0 Å². The maximum atomic E-state index is 16.1. The second-order valence-electron chi connectivity index (χ2n) is 27.8. The lowest BCUT2D eigenvalue weighted by atomic mass is 9.43. The fraction of sp³-hybridized carbons (Fsp3) is 0.692. The molecule has 23 atom stereocenters. The highest BCUT2D eigenvalue weighted by Crippen LogP contribution is 2.73. The summed E-state index contributed by atoms with van der Waals surface area (Å²) >= 11 is 0. The summed E-state index contributed by atoms with van der Waals surface area (Å²) in [6.45, 7) is 5.80. The second-order valence-corrected chi connectivity index (χ2v) is 30.3. The van der Waals surface area contributed by atoms with Gasteiger partial charge in [-0.2, -0.15) is 0 Å². The molecule has 1 aromatic carbocycles. The highest BCUT2D eigenvalue weighted by Gasteiger charge is 2.75. The fourth-order valence-electron chi connectivity index (χ4n) is 20.2. The van der Waals surface area contributed by atoms with Crippen molar-refractivity contribution in [3.8, 4) is 17.6 Å². The van der Waals surface area contributed by atoms with Gasteiger partial charge in [-0.3, -0.25) is 19.4 Å². The zero-order chi connectivity index (χ0) is 58.5. The van der Waals surface area contributed by atoms with Gasteiger partial charge in [0.15, 0.2) is 17.5 Å². The molecule has 83 heavy (non-hydrogen) atoms. The molecule has 6 bridgehead atoms. The number of nitrogens with one attached hydrogen (secondary N) is 2. The summed E-state index contributed by atoms with van der Waals surface area (Å²) in [7, 11) is 3.06. The number of fused-ring (bicyclic) bond motifs is 8. The number of H-pyrrole nitrogens is 1. The molecule has 1 aromatic heterocycles. The van der Waals surface area contributed by atoms with Crippen molar-refractivity contribution >= 4 is 45.1 Å². The largest absolute Gasteiger partial charge is 0.508 e. The maximum absolute atomic E-state index is 16.1. The van der Waals surface area contributed by atoms with E-state index in [4.69, 9.17) is 16.2 Å². The number of hydrogen-bond donors (Lipinski definition) is 11. The first-order valence-electron chi connectivity index (χ1n) is 30.9. The Bertz CT molecular complexity index is 2960. The minimum atomic E-state index is -1.93. The van der Waals surface area contributed by atoms with Gasteiger partial charge in [-0.25, -0.2) is 0 Å². The van der Waals surface area contributed by atoms with Gasteiger partial charge in [0.25, 0.3) is 0 Å². The molecule has 18 heteroatoms. The van der Waals surface area contributed by atoms with Gasteiger partial charge in [-0.05, 0) is 171 Å². The van der Waals surface area contributed by atoms with Crippen molar-refractivity contribution in [3.05, 3.63) is 76.8 Å². The van der Waals surface area contributed by atoms with Crippen molar-refractivity contribution < 1.29 is 54.9 Å². The second kappa shape index (κ2) is 22.8. The van der Waals surface area contributed by atoms with Crippen LogP contribution in [0.2, 0.25) is 0 Å². The number of allylic oxidation sites excluding steroid dienone is 3. The number of esters is 1. The van der Waals surface area contributed by atoms with Crippen LogP contribution in [0.4, 0.5) is 0 Å². The number of guanidine groups is 1. The number of phenols is 1. The molecule has 2 saturated heterocycles. The average Bonchev–Trinajstić information content (AvgIpc) is 1.72. The molecule has 0 spiro atoms. The van der Waals surface area contributed by atoms with Crippen molar-refractivity contribution in [2.75, 3.05) is 37.8 Å². The summed E-state index contributed by atoms with van der Waals surface area (Å²) in [5, 5.41) is 91.3. The average molecular weight is 1180 g/mol. The Morgan fingerprint density at radius 2 is 1.71 bits per heavy atom. The number of rotatable bonds is 7. The molecule has 7 fully saturated rings. The summed E-state index contributed by atoms with van der Waals surface area (Å²) in [5.74, 6) is 3.18. The van der Waals surface area contributed by atoms with Crippen molar-refractivity contribution in [1.82, 2.24) is 10.3 Å². The van der Waals surface area contributed by atoms with Crippen LogP contribution >= 0.6 is 21.6 Å². The molecular weight excluding hydrogens is 1090 g/mol. The lowest BCUT2D eigenvalue weighted by Crippen LogP contribution is -2.67. The van der Waals surface area contributed by atoms with E-state index in [2.05, 4.69) is 40.1 Å². The van der Waals surface area contributed by atoms with E-state index in [1.165, 1.54) is 16.4 Å². The molecule has 0 amide bonds. The van der Waals surface area contributed by atoms with E-state index in [1.54, 1.807) is 29.9 Å². The number of carbonyl (C=O) groups is 3. The number of ether oxygens (including phenoxy) is 1. The van der Waals surface area contributed by atoms with Gasteiger partial charge in [0, 0.05) is 90.8 Å². The molecule has 8 aliphatic carbocycles. The normalized spacial score (nSPS) is 45.2. The molecule has 2 aliphatic heterocycles. The first kappa shape index (κ1) is 59.0. The van der Waals surface area contributed by atoms with Crippen LogP contribution in [0.1, 0.15) is 127 Å². The predicted molar refractivity (Wildman–Crippen MR) is 318 cm³/mol. The van der Waals surface area contributed by atoms with E-state index in [-0.39, 0.29) is 147 Å². The number of ketones is 2. The number of benzene rings is 1. The number of hydrogen-bond acceptors (Lipinski definition) is 15. The molecule has 16 nitrogen and oxygen atoms in total. The van der Waals surface area contributed by atoms with Crippen LogP contribution in [0.15, 0.2) is 70.6 Å². The lowest BCUT2D eigenvalue weighted by Gasteiger charge is -2.63. The summed E-state index contributed by atoms with van der Waals surface area (Å²) in [6.07, 6.45) is 8.55. The number of aliphatic imine (C=N–C) groups is 1. The summed E-state index contributed by atoms with van der Waals surface area (Å²) in [6, 6.07) is 8.77. The number of aliphatic hydroxyl groups excluding tert-OH is 4. The first-order chi connectivity index (χ1) is 39.7. The third kappa shape index (κ3) is 9.93. The van der Waals surface area contributed by atoms with Crippen LogP contribution in [0, 0.1) is 106 Å². The summed E-state index contributed by atoms with van der Waals surface area (Å²) < 4.78 is 6.04. The standard InChI is InChI=1S/C65H87N5O11S2/c1-33-7-8-35-22-36-11-14-44-43(46-30-81-60(78)52(46)38-16-19-68-27-38)6-4-5-37-25-65(80)55-48(15-17-64(65,18-20-69-61(66)67)59(37)63(3,79)50(75)24-39(29-71)51(36)53(44)45(35)21-33)62(2)26-49(74)57(76)47-32-83-82-31-40(34-9-12-41(72)13-10-34)23-42(73)28-70-56(55)58(77)54(47)62/h9-10,12-13,16,19,22,27,33,36-37,39-40,43-54,57,59,68,70-72,74-76,79-80H,5,7-8,11,14-15,17-18,20-21,23-26,28-32H2,1-3H3,(H4,66,67,69)/t33-,36+,37+,39-,40+,43-,44+,45-,46-,47+,48-,49-,50+,51-,52+,53-,54-,57+,59+,62+,63-,64-,65+/m0/s1. The molecule has 0 unspecified atom stereocenters. The third-order valence-electron chi connectivity index (χ3n) is 23.6. The van der Waals surface area contributed by atoms with E-state index in [9.17, 15) is 45.3 Å². The molecule has 2 aromatic rings. The van der Waals surface area contributed by atoms with Gasteiger partial charge in [-0.1, -0.05) is 65.1 Å². The number of nitrogens with two attached hydrogens (primary N) is 2. The number of aromatic nitrogens is 1. The van der Waals surface area contributed by atoms with E-state index < -0.39 is 81.8 Å². The minimum Gasteiger partial charge on any atom is -0.508 e. The van der Waals surface area contributed by atoms with E-state index >= 15 is 4.79 Å². The fourth-order valence-corrected chi connectivity index (χ4v) is 22.9. The molecule has 450 valence electrons. The summed E-state index contributed by atoms with van der Waals surface area (Å²) in [5.41, 5.74) is 9.74. The van der Waals surface area contributed by atoms with Crippen molar-refractivity contribution in [2.45, 2.75) is 146 Å². The molecular formula is C65H87N5O11S2. The Kier molecular flexibility index (Phi) is 16.2. The van der Waals surface area contributed by atoms with Crippen LogP contribution in [0.5, 0.6) is 5.75 Å². The number of aromatic hydroxyl groups is 1. The Hall–Kier alpha value is -4.32. The Morgan fingerprint density at radius 1 is 0.928 bits per heavy atom. The van der Waals surface area contributed by atoms with Gasteiger partial charge in [0.1, 0.15) is 5.75 Å². The van der Waals surface area contributed by atoms with Gasteiger partial charge in [0.05, 0.1) is 54.3 Å². The zero-order valence-corrected chi connectivity index (χ0v) is 49.8. The zero-order valence-electron chi connectivity index (χ0n) is 48.2. The quantitative estimate of drug-likeness (QED) is 0.0373. The van der Waals surface area contributed by atoms with E-state index in [1.807, 2.05) is 37.5 Å². The minimum absolute atomic E-state index is 0.00907. The molecule has 13 N–H and O–H groups in total. The van der Waals surface area contributed by atoms with Crippen LogP contribution in [-0.4, -0.2) is 132 Å². The van der Waals surface area contributed by atoms with Crippen LogP contribution in [-0.2, 0) is 19.1 Å². The highest BCUT2D eigenvalue weighted by molar-refractivity contribution is 8.76. The number of aliphatic hydroxyl groups is 6. The number of aromatic amines is 1. The highest BCUT2D eigenvalue weighted by atomic mass is 33.1. The summed E-state index contributed by atoms with van der Waals surface area (Å²) in [4.78, 5) is 52.3. The van der Waals surface area contributed by atoms with E-state index in [0.29, 0.717) is 35.8 Å². The molecule has 5 saturated carbocycles. The lowest BCUT2D eigenvalue weighted by molar-refractivity contribution is -0.195. The predicted octanol–water partition coefficient (Wildman–Crippen LogP) is 6.10. The molecule has 12 rings (SSSR count). The topological polar surface area (TPSA) is 294 Å². The molecule has 10 aliphatic rings. The van der Waals surface area contributed by atoms with Gasteiger partial charge >= 0.3 is 5.97 Å². The van der Waals surface area contributed by atoms with Crippen LogP contribution in [0.3, 0.4) is 0 Å². The number of carbonyl (C=O) groups excluding carboxylic acids is 3. The number of phenolic OH excluding ortho intramolecular Hbond substituents is 1. The van der Waals surface area contributed by atoms with Crippen molar-refractivity contribution in [3.63, 3.8) is 0 Å². The molecule has 0 radical (unpaired) electrons. The smallest absolute Gasteiger partial charge is 0.313 e.